The second kappa shape index (κ2) is 7.14. The molecule has 0 aromatic rings. The van der Waals surface area contributed by atoms with Crippen molar-refractivity contribution in [3.63, 3.8) is 0 Å². The maximum Gasteiger partial charge on any atom is 0.236 e. The van der Waals surface area contributed by atoms with Gasteiger partial charge in [0, 0.05) is 12.6 Å². The largest absolute Gasteiger partial charge is 0.409 e. The lowest BCUT2D eigenvalue weighted by Gasteiger charge is -2.38. The van der Waals surface area contributed by atoms with E-state index < -0.39 is 5.41 Å². The summed E-state index contributed by atoms with van der Waals surface area (Å²) in [6.07, 6.45) is 10.2. The highest BCUT2D eigenvalue weighted by Gasteiger charge is 2.46. The normalized spacial score (nSPS) is 23.8. The average molecular weight is 295 g/mol. The molecule has 0 unspecified atom stereocenters. The molecule has 0 bridgehead atoms. The van der Waals surface area contributed by atoms with Crippen LogP contribution in [0.2, 0.25) is 0 Å². The molecule has 2 fully saturated rings. The molecule has 0 atom stereocenters. The van der Waals surface area contributed by atoms with Gasteiger partial charge >= 0.3 is 0 Å². The molecule has 0 aliphatic heterocycles. The van der Waals surface area contributed by atoms with Crippen molar-refractivity contribution in [2.45, 2.75) is 77.2 Å². The van der Waals surface area contributed by atoms with Gasteiger partial charge in [0.1, 0.15) is 5.41 Å². The van der Waals surface area contributed by atoms with E-state index in [2.05, 4.69) is 5.16 Å². The smallest absolute Gasteiger partial charge is 0.236 e. The summed E-state index contributed by atoms with van der Waals surface area (Å²) in [7, 11) is 0. The summed E-state index contributed by atoms with van der Waals surface area (Å²) in [5.74, 6) is 0.208. The number of hydrogen-bond acceptors (Lipinski definition) is 3. The van der Waals surface area contributed by atoms with Crippen molar-refractivity contribution in [2.75, 3.05) is 6.54 Å². The molecule has 0 radical (unpaired) electrons. The van der Waals surface area contributed by atoms with Crippen LogP contribution in [0.1, 0.15) is 71.1 Å². The van der Waals surface area contributed by atoms with Crippen LogP contribution in [-0.2, 0) is 4.79 Å². The molecule has 0 aromatic heterocycles. The molecule has 3 N–H and O–H groups in total. The average Bonchev–Trinajstić information content (AvgIpc) is 2.90. The maximum atomic E-state index is 13.2. The highest BCUT2D eigenvalue weighted by atomic mass is 16.4. The molecule has 0 saturated heterocycles. The van der Waals surface area contributed by atoms with Crippen LogP contribution < -0.4 is 5.73 Å². The lowest BCUT2D eigenvalue weighted by molar-refractivity contribution is -0.141. The predicted octanol–water partition coefficient (Wildman–Crippen LogP) is 2.86. The predicted molar refractivity (Wildman–Crippen MR) is 83.2 cm³/mol. The van der Waals surface area contributed by atoms with Gasteiger partial charge in [0.2, 0.25) is 5.91 Å². The highest BCUT2D eigenvalue weighted by Crippen LogP contribution is 2.39. The Bertz CT molecular complexity index is 381. The lowest BCUT2D eigenvalue weighted by atomic mass is 9.77. The van der Waals surface area contributed by atoms with Crippen molar-refractivity contribution in [1.82, 2.24) is 4.90 Å². The van der Waals surface area contributed by atoms with E-state index in [0.29, 0.717) is 25.4 Å². The van der Waals surface area contributed by atoms with Crippen LogP contribution >= 0.6 is 0 Å². The number of amidine groups is 1. The van der Waals surface area contributed by atoms with Gasteiger partial charge < -0.3 is 15.8 Å². The zero-order chi connectivity index (χ0) is 15.3. The van der Waals surface area contributed by atoms with Crippen LogP contribution in [0.15, 0.2) is 5.16 Å². The summed E-state index contributed by atoms with van der Waals surface area (Å²) in [6, 6.07) is 0.342. The Hall–Kier alpha value is -1.26. The van der Waals surface area contributed by atoms with E-state index in [1.807, 2.05) is 11.8 Å². The van der Waals surface area contributed by atoms with Crippen LogP contribution in [-0.4, -0.2) is 34.4 Å². The number of oxime groups is 1. The van der Waals surface area contributed by atoms with Crippen molar-refractivity contribution < 1.29 is 10.0 Å². The Kier molecular flexibility index (Phi) is 5.48. The molecule has 2 aliphatic rings. The van der Waals surface area contributed by atoms with Gasteiger partial charge in [0.15, 0.2) is 5.84 Å². The quantitative estimate of drug-likeness (QED) is 0.275. The Morgan fingerprint density at radius 3 is 2.24 bits per heavy atom. The number of carbonyl (C=O) groups excluding carboxylic acids is 1. The zero-order valence-electron chi connectivity index (χ0n) is 13.2. The van der Waals surface area contributed by atoms with Crippen molar-refractivity contribution in [1.29, 1.82) is 0 Å². The Labute approximate surface area is 127 Å². The summed E-state index contributed by atoms with van der Waals surface area (Å²) in [5.41, 5.74) is 5.22. The number of hydrogen-bond donors (Lipinski definition) is 2. The first-order valence-electron chi connectivity index (χ1n) is 8.45. The van der Waals surface area contributed by atoms with E-state index >= 15 is 0 Å². The first-order chi connectivity index (χ1) is 10.2. The maximum absolute atomic E-state index is 13.2. The van der Waals surface area contributed by atoms with Gasteiger partial charge in [-0.1, -0.05) is 43.7 Å². The van der Waals surface area contributed by atoms with Crippen molar-refractivity contribution >= 4 is 11.7 Å². The fourth-order valence-electron chi connectivity index (χ4n) is 4.07. The van der Waals surface area contributed by atoms with E-state index in [4.69, 9.17) is 5.73 Å². The fourth-order valence-corrected chi connectivity index (χ4v) is 4.07. The zero-order valence-corrected chi connectivity index (χ0v) is 13.2. The first kappa shape index (κ1) is 16.1. The van der Waals surface area contributed by atoms with Gasteiger partial charge in [-0.15, -0.1) is 0 Å². The van der Waals surface area contributed by atoms with E-state index in [9.17, 15) is 10.0 Å². The van der Waals surface area contributed by atoms with Gasteiger partial charge in [-0.2, -0.15) is 0 Å². The number of nitrogens with zero attached hydrogens (tertiary/aromatic N) is 2. The van der Waals surface area contributed by atoms with Gasteiger partial charge in [-0.05, 0) is 32.6 Å². The molecular weight excluding hydrogens is 266 g/mol. The molecule has 120 valence electrons. The topological polar surface area (TPSA) is 78.9 Å². The van der Waals surface area contributed by atoms with E-state index in [1.165, 1.54) is 12.8 Å². The van der Waals surface area contributed by atoms with E-state index in [1.54, 1.807) is 0 Å². The van der Waals surface area contributed by atoms with Gasteiger partial charge in [-0.25, -0.2) is 0 Å². The Morgan fingerprint density at radius 2 is 1.76 bits per heavy atom. The second-order valence-corrected chi connectivity index (χ2v) is 6.51. The standard InChI is InChI=1S/C16H29N3O2/c1-2-19(13-9-5-6-10-13)15(20)16(14(17)18-21)11-7-3-4-8-12-16/h13,21H,2-12H2,1H3,(H2,17,18). The van der Waals surface area contributed by atoms with Crippen molar-refractivity contribution in [2.24, 2.45) is 16.3 Å². The minimum absolute atomic E-state index is 0.0918. The van der Waals surface area contributed by atoms with Crippen LogP contribution in [0.4, 0.5) is 0 Å². The molecule has 0 heterocycles. The summed E-state index contributed by atoms with van der Waals surface area (Å²) in [6.45, 7) is 2.75. The van der Waals surface area contributed by atoms with E-state index in [-0.39, 0.29) is 11.7 Å². The molecule has 2 saturated carbocycles. The molecule has 5 heteroatoms. The minimum Gasteiger partial charge on any atom is -0.409 e. The third-order valence-corrected chi connectivity index (χ3v) is 5.33. The summed E-state index contributed by atoms with van der Waals surface area (Å²) in [5, 5.41) is 12.4. The summed E-state index contributed by atoms with van der Waals surface area (Å²) in [4.78, 5) is 15.2. The monoisotopic (exact) mass is 295 g/mol. The molecule has 0 spiro atoms. The minimum atomic E-state index is -0.774. The van der Waals surface area contributed by atoms with Gasteiger partial charge in [0.25, 0.3) is 0 Å². The molecule has 2 aliphatic carbocycles. The molecule has 2 rings (SSSR count). The Morgan fingerprint density at radius 1 is 1.19 bits per heavy atom. The molecular formula is C16H29N3O2. The van der Waals surface area contributed by atoms with Gasteiger partial charge in [-0.3, -0.25) is 4.79 Å². The number of amides is 1. The third-order valence-electron chi connectivity index (χ3n) is 5.33. The van der Waals surface area contributed by atoms with Crippen LogP contribution in [0.25, 0.3) is 0 Å². The van der Waals surface area contributed by atoms with Crippen molar-refractivity contribution in [3.05, 3.63) is 0 Å². The summed E-state index contributed by atoms with van der Waals surface area (Å²) >= 11 is 0. The lowest BCUT2D eigenvalue weighted by Crippen LogP contribution is -2.53. The first-order valence-corrected chi connectivity index (χ1v) is 8.45. The molecule has 0 aromatic carbocycles. The van der Waals surface area contributed by atoms with Crippen LogP contribution in [0.3, 0.4) is 0 Å². The second-order valence-electron chi connectivity index (χ2n) is 6.51. The molecule has 21 heavy (non-hydrogen) atoms. The Balaban J connectivity index is 2.27. The highest BCUT2D eigenvalue weighted by molar-refractivity contribution is 6.06. The van der Waals surface area contributed by atoms with Crippen LogP contribution in [0, 0.1) is 5.41 Å². The SMILES string of the molecule is CCN(C(=O)C1(C(N)=NO)CCCCCC1)C1CCCC1. The summed E-state index contributed by atoms with van der Waals surface area (Å²) < 4.78 is 0. The fraction of sp³-hybridized carbons (Fsp3) is 0.875. The number of carbonyl (C=O) groups is 1. The molecule has 5 nitrogen and oxygen atoms in total. The van der Waals surface area contributed by atoms with Crippen LogP contribution in [0.5, 0.6) is 0 Å². The van der Waals surface area contributed by atoms with Crippen molar-refractivity contribution in [3.8, 4) is 0 Å². The number of rotatable bonds is 4. The molecule has 1 amide bonds. The van der Waals surface area contributed by atoms with E-state index in [0.717, 1.165) is 38.5 Å². The number of nitrogens with two attached hydrogens (primary N) is 1. The third kappa shape index (κ3) is 3.16. The van der Waals surface area contributed by atoms with Gasteiger partial charge in [0.05, 0.1) is 0 Å².